The number of nitrogens with two attached hydrogens (primary N) is 1. The van der Waals surface area contributed by atoms with E-state index in [4.69, 9.17) is 38.8 Å². The van der Waals surface area contributed by atoms with Crippen LogP contribution in [0, 0.1) is 5.92 Å². The van der Waals surface area contributed by atoms with Crippen molar-refractivity contribution in [3.63, 3.8) is 0 Å². The Morgan fingerprint density at radius 1 is 1.35 bits per heavy atom. The molecule has 1 saturated heterocycles. The molecule has 10 heteroatoms. The third-order valence-corrected chi connectivity index (χ3v) is 4.79. The summed E-state index contributed by atoms with van der Waals surface area (Å²) >= 11 is 11.9. The SMILES string of the molecule is CC1(C)CC(C(N)c2cc(Cl)c(Cl)cc2O)CCN1.O=C(O)C(F)(F)F. The minimum absolute atomic E-state index is 0.0758. The quantitative estimate of drug-likeness (QED) is 0.581. The Kier molecular flexibility index (Phi) is 7.59. The zero-order valence-corrected chi connectivity index (χ0v) is 15.7. The van der Waals surface area contributed by atoms with Crippen molar-refractivity contribution in [2.24, 2.45) is 11.7 Å². The zero-order valence-electron chi connectivity index (χ0n) is 14.2. The van der Waals surface area contributed by atoms with E-state index >= 15 is 0 Å². The minimum atomic E-state index is -5.08. The number of hydrogen-bond acceptors (Lipinski definition) is 4. The number of nitrogens with one attached hydrogen (secondary N) is 1. The number of piperidine rings is 1. The van der Waals surface area contributed by atoms with E-state index in [1.807, 2.05) is 0 Å². The smallest absolute Gasteiger partial charge is 0.490 e. The summed E-state index contributed by atoms with van der Waals surface area (Å²) in [6.45, 7) is 5.27. The lowest BCUT2D eigenvalue weighted by Gasteiger charge is -2.39. The monoisotopic (exact) mass is 416 g/mol. The fourth-order valence-corrected chi connectivity index (χ4v) is 3.13. The van der Waals surface area contributed by atoms with Gasteiger partial charge in [0.05, 0.1) is 10.0 Å². The van der Waals surface area contributed by atoms with Gasteiger partial charge in [-0.1, -0.05) is 23.2 Å². The predicted octanol–water partition coefficient (Wildman–Crippen LogP) is 4.11. The van der Waals surface area contributed by atoms with Gasteiger partial charge in [-0.25, -0.2) is 4.79 Å². The molecule has 0 saturated carbocycles. The van der Waals surface area contributed by atoms with E-state index in [2.05, 4.69) is 19.2 Å². The maximum Gasteiger partial charge on any atom is 0.490 e. The number of hydrogen-bond donors (Lipinski definition) is 4. The zero-order chi connectivity index (χ0) is 20.3. The van der Waals surface area contributed by atoms with Crippen LogP contribution in [-0.2, 0) is 4.79 Å². The van der Waals surface area contributed by atoms with Crippen molar-refractivity contribution in [3.05, 3.63) is 27.7 Å². The van der Waals surface area contributed by atoms with Crippen LogP contribution in [0.25, 0.3) is 0 Å². The highest BCUT2D eigenvalue weighted by Crippen LogP contribution is 2.39. The number of carboxylic acids is 1. The molecule has 5 N–H and O–H groups in total. The van der Waals surface area contributed by atoms with Crippen molar-refractivity contribution in [1.29, 1.82) is 0 Å². The molecule has 1 aliphatic rings. The van der Waals surface area contributed by atoms with Gasteiger partial charge in [-0.3, -0.25) is 0 Å². The first-order valence-electron chi connectivity index (χ1n) is 7.73. The highest BCUT2D eigenvalue weighted by molar-refractivity contribution is 6.42. The topological polar surface area (TPSA) is 95.6 Å². The number of carboxylic acid groups (broad SMARTS) is 1. The molecule has 0 aromatic heterocycles. The summed E-state index contributed by atoms with van der Waals surface area (Å²) in [5, 5.41) is 21.4. The van der Waals surface area contributed by atoms with Crippen molar-refractivity contribution in [2.75, 3.05) is 6.54 Å². The number of rotatable bonds is 2. The van der Waals surface area contributed by atoms with Gasteiger partial charge in [-0.05, 0) is 45.2 Å². The van der Waals surface area contributed by atoms with E-state index in [1.165, 1.54) is 6.07 Å². The normalized spacial score (nSPS) is 20.7. The van der Waals surface area contributed by atoms with E-state index < -0.39 is 12.1 Å². The Labute approximate surface area is 159 Å². The average molecular weight is 417 g/mol. The largest absolute Gasteiger partial charge is 0.508 e. The van der Waals surface area contributed by atoms with E-state index in [1.54, 1.807) is 6.07 Å². The van der Waals surface area contributed by atoms with Crippen LogP contribution in [0.4, 0.5) is 13.2 Å². The van der Waals surface area contributed by atoms with E-state index in [0.29, 0.717) is 21.5 Å². The van der Waals surface area contributed by atoms with Crippen LogP contribution in [0.2, 0.25) is 10.0 Å². The summed E-state index contributed by atoms with van der Waals surface area (Å²) in [4.78, 5) is 8.90. The van der Waals surface area contributed by atoms with Gasteiger partial charge >= 0.3 is 12.1 Å². The molecular formula is C16H21Cl2F3N2O3. The average Bonchev–Trinajstić information content (AvgIpc) is 2.49. The number of aromatic hydroxyl groups is 1. The van der Waals surface area contributed by atoms with Crippen molar-refractivity contribution in [2.45, 2.75) is 44.4 Å². The van der Waals surface area contributed by atoms with Gasteiger partial charge in [-0.15, -0.1) is 0 Å². The van der Waals surface area contributed by atoms with Crippen molar-refractivity contribution >= 4 is 29.2 Å². The van der Waals surface area contributed by atoms with Gasteiger partial charge in [0.15, 0.2) is 0 Å². The molecule has 2 atom stereocenters. The van der Waals surface area contributed by atoms with Crippen LogP contribution in [0.5, 0.6) is 5.75 Å². The van der Waals surface area contributed by atoms with Crippen LogP contribution in [-0.4, -0.2) is 34.4 Å². The molecule has 148 valence electrons. The maximum atomic E-state index is 10.6. The second kappa shape index (κ2) is 8.65. The summed E-state index contributed by atoms with van der Waals surface area (Å²) in [6, 6.07) is 2.92. The van der Waals surface area contributed by atoms with Gasteiger partial charge in [0.1, 0.15) is 5.75 Å². The number of benzene rings is 1. The Bertz CT molecular complexity index is 654. The third kappa shape index (κ3) is 6.50. The number of alkyl halides is 3. The number of halogens is 5. The van der Waals surface area contributed by atoms with Gasteiger partial charge in [0.25, 0.3) is 0 Å². The second-order valence-electron chi connectivity index (χ2n) is 6.72. The summed E-state index contributed by atoms with van der Waals surface area (Å²) in [6.07, 6.45) is -3.13. The number of carbonyl (C=O) groups is 1. The molecule has 1 fully saturated rings. The lowest BCUT2D eigenvalue weighted by molar-refractivity contribution is -0.192. The lowest BCUT2D eigenvalue weighted by atomic mass is 9.78. The number of aliphatic carboxylic acids is 1. The van der Waals surface area contributed by atoms with Gasteiger partial charge in [0, 0.05) is 23.2 Å². The fourth-order valence-electron chi connectivity index (χ4n) is 2.80. The molecule has 5 nitrogen and oxygen atoms in total. The summed E-state index contributed by atoms with van der Waals surface area (Å²) in [5.74, 6) is -2.31. The van der Waals surface area contributed by atoms with Crippen LogP contribution in [0.3, 0.4) is 0 Å². The highest BCUT2D eigenvalue weighted by Gasteiger charge is 2.38. The molecule has 1 heterocycles. The summed E-state index contributed by atoms with van der Waals surface area (Å²) < 4.78 is 31.7. The third-order valence-electron chi connectivity index (χ3n) is 4.07. The molecule has 26 heavy (non-hydrogen) atoms. The molecule has 1 aliphatic heterocycles. The molecule has 0 bridgehead atoms. The van der Waals surface area contributed by atoms with Gasteiger partial charge < -0.3 is 21.3 Å². The van der Waals surface area contributed by atoms with Crippen LogP contribution < -0.4 is 11.1 Å². The Balaban J connectivity index is 0.000000412. The molecule has 2 rings (SSSR count). The van der Waals surface area contributed by atoms with Gasteiger partial charge in [0.2, 0.25) is 0 Å². The van der Waals surface area contributed by atoms with Crippen molar-refractivity contribution in [3.8, 4) is 5.75 Å². The van der Waals surface area contributed by atoms with Crippen LogP contribution in [0.1, 0.15) is 38.3 Å². The van der Waals surface area contributed by atoms with Crippen molar-refractivity contribution < 1.29 is 28.2 Å². The Hall–Kier alpha value is -1.22. The fraction of sp³-hybridized carbons (Fsp3) is 0.562. The summed E-state index contributed by atoms with van der Waals surface area (Å²) in [5.41, 5.74) is 7.07. The van der Waals surface area contributed by atoms with Crippen molar-refractivity contribution in [1.82, 2.24) is 5.32 Å². The van der Waals surface area contributed by atoms with E-state index in [-0.39, 0.29) is 17.3 Å². The molecule has 1 aromatic rings. The molecule has 0 spiro atoms. The predicted molar refractivity (Wildman–Crippen MR) is 93.6 cm³/mol. The molecule has 0 aliphatic carbocycles. The molecule has 2 unspecified atom stereocenters. The van der Waals surface area contributed by atoms with Gasteiger partial charge in [-0.2, -0.15) is 13.2 Å². The molecule has 0 radical (unpaired) electrons. The van der Waals surface area contributed by atoms with Crippen LogP contribution in [0.15, 0.2) is 12.1 Å². The Morgan fingerprint density at radius 3 is 2.31 bits per heavy atom. The lowest BCUT2D eigenvalue weighted by Crippen LogP contribution is -2.48. The first-order chi connectivity index (χ1) is 11.7. The Morgan fingerprint density at radius 2 is 1.85 bits per heavy atom. The van der Waals surface area contributed by atoms with Crippen LogP contribution >= 0.6 is 23.2 Å². The van der Waals surface area contributed by atoms with E-state index in [9.17, 15) is 18.3 Å². The molecule has 0 amide bonds. The first-order valence-corrected chi connectivity index (χ1v) is 8.49. The number of phenolic OH excluding ortho intramolecular Hbond substituents is 1. The van der Waals surface area contributed by atoms with E-state index in [0.717, 1.165) is 19.4 Å². The first kappa shape index (κ1) is 22.8. The molecule has 1 aromatic carbocycles. The standard InChI is InChI=1S/C14H20Cl2N2O.C2HF3O2/c1-14(2)7-8(3-4-18-14)13(17)9-5-10(15)11(16)6-12(9)19;3-2(4,5)1(6)7/h5-6,8,13,18-19H,3-4,7,17H2,1-2H3;(H,6,7). The maximum absolute atomic E-state index is 10.6. The minimum Gasteiger partial charge on any atom is -0.508 e. The highest BCUT2D eigenvalue weighted by atomic mass is 35.5. The summed E-state index contributed by atoms with van der Waals surface area (Å²) in [7, 11) is 0. The molecular weight excluding hydrogens is 396 g/mol. The number of phenols is 1. The second-order valence-corrected chi connectivity index (χ2v) is 7.53.